The van der Waals surface area contributed by atoms with E-state index in [4.69, 9.17) is 47.0 Å². The van der Waals surface area contributed by atoms with Crippen LogP contribution in [0.4, 0.5) is 0 Å². The molecule has 0 amide bonds. The molecule has 1 aromatic heterocycles. The second-order valence-electron chi connectivity index (χ2n) is 17.5. The van der Waals surface area contributed by atoms with Gasteiger partial charge in [-0.25, -0.2) is 0 Å². The Morgan fingerprint density at radius 2 is 1.47 bits per heavy atom. The molecule has 324 valence electrons. The molecule has 0 aromatic carbocycles. The molecule has 1 spiro atoms. The summed E-state index contributed by atoms with van der Waals surface area (Å²) in [7, 11) is 1.10. The largest absolute Gasteiger partial charge is 0.472 e. The molecule has 19 heteroatoms. The van der Waals surface area contributed by atoms with E-state index in [9.17, 15) is 43.8 Å². The topological polar surface area (TPSA) is 256 Å². The normalized spacial score (nSPS) is 44.7. The van der Waals surface area contributed by atoms with Gasteiger partial charge in [-0.2, -0.15) is 0 Å². The SMILES string of the molecule is COC(=O)C[C@H]1[C@]2(C)C[C@]3(O)[C@@](OC(C)=O)([C@H]4OC5(C)C[C@@H]6[C@](C)([C@@H](OC(C)=O)c7ccoc7)[C@@H](OC(C)=O)[C@@H](OC(C)=O)[C@@](O)([C@@]64O5)[C@]13COC(C)=O)[C@H]2OC(C)=O. The summed E-state index contributed by atoms with van der Waals surface area (Å²) >= 11 is 0. The van der Waals surface area contributed by atoms with Crippen molar-refractivity contribution in [3.05, 3.63) is 24.2 Å². The molecule has 7 rings (SSSR count). The van der Waals surface area contributed by atoms with Crippen molar-refractivity contribution in [3.63, 3.8) is 0 Å². The van der Waals surface area contributed by atoms with E-state index in [0.717, 1.165) is 48.7 Å². The maximum atomic E-state index is 14.7. The summed E-state index contributed by atoms with van der Waals surface area (Å²) in [6.45, 7) is 10.1. The second-order valence-corrected chi connectivity index (χ2v) is 17.5. The molecule has 15 atom stereocenters. The lowest BCUT2D eigenvalue weighted by Gasteiger charge is -2.77. The Morgan fingerprint density at radius 3 is 2.00 bits per heavy atom. The van der Waals surface area contributed by atoms with Crippen molar-refractivity contribution >= 4 is 41.8 Å². The van der Waals surface area contributed by atoms with Crippen LogP contribution >= 0.6 is 0 Å². The summed E-state index contributed by atoms with van der Waals surface area (Å²) in [5.41, 5.74) is -16.6. The van der Waals surface area contributed by atoms with E-state index >= 15 is 0 Å². The number of hydrogen-bond donors (Lipinski definition) is 2. The Bertz CT molecular complexity index is 2000. The minimum atomic E-state index is -2.99. The number of aliphatic hydroxyl groups is 2. The summed E-state index contributed by atoms with van der Waals surface area (Å²) in [6, 6.07) is 1.49. The third kappa shape index (κ3) is 5.04. The molecular weight excluding hydrogens is 784 g/mol. The standard InChI is InChI=1S/C40H50O19/c1-18(41)52-17-36-25(13-27(47)50-10)33(7)16-37(36,48)39(57-23(6)46,31(33)56-22(5)45)32-38-26(14-34(8,58-32)59-38)35(9,28(53-19(2)42)24-11-12-51-15-24)29(54-20(3)43)30(40(36,38)49)55-21(4)44/h11-12,15,25-26,28-32,48-49H,13-14,16-17H2,1-10H3/t25-,26+,28-,29-,30+,31-,32-,33-,34?,35+,36+,37+,38+,39-,40-/m0/s1. The predicted molar refractivity (Wildman–Crippen MR) is 189 cm³/mol. The highest BCUT2D eigenvalue weighted by Crippen LogP contribution is 2.87. The zero-order valence-electron chi connectivity index (χ0n) is 34.4. The first-order valence-corrected chi connectivity index (χ1v) is 19.3. The summed E-state index contributed by atoms with van der Waals surface area (Å²) in [5.74, 6) is -11.0. The molecule has 4 saturated carbocycles. The maximum Gasteiger partial charge on any atom is 0.305 e. The van der Waals surface area contributed by atoms with Crippen molar-refractivity contribution in [2.24, 2.45) is 28.1 Å². The first-order chi connectivity index (χ1) is 27.3. The molecule has 6 aliphatic rings. The third-order valence-corrected chi connectivity index (χ3v) is 14.3. The van der Waals surface area contributed by atoms with Crippen LogP contribution in [0.5, 0.6) is 0 Å². The lowest BCUT2D eigenvalue weighted by atomic mass is 9.32. The molecule has 4 aliphatic carbocycles. The number of furan rings is 1. The van der Waals surface area contributed by atoms with Gasteiger partial charge in [-0.05, 0) is 25.3 Å². The van der Waals surface area contributed by atoms with Crippen molar-refractivity contribution in [1.82, 2.24) is 0 Å². The third-order valence-electron chi connectivity index (χ3n) is 14.3. The molecule has 0 radical (unpaired) electrons. The molecule has 2 aliphatic heterocycles. The second kappa shape index (κ2) is 13.2. The molecule has 1 aromatic rings. The number of esters is 7. The van der Waals surface area contributed by atoms with Crippen LogP contribution < -0.4 is 0 Å². The maximum absolute atomic E-state index is 14.7. The van der Waals surface area contributed by atoms with Gasteiger partial charge in [-0.1, -0.05) is 13.8 Å². The van der Waals surface area contributed by atoms with Gasteiger partial charge in [-0.3, -0.25) is 33.6 Å². The van der Waals surface area contributed by atoms with Crippen LogP contribution in [-0.2, 0) is 76.2 Å². The van der Waals surface area contributed by atoms with E-state index in [1.807, 2.05) is 0 Å². The number of hydrogen-bond acceptors (Lipinski definition) is 19. The van der Waals surface area contributed by atoms with Gasteiger partial charge in [0.25, 0.3) is 0 Å². The van der Waals surface area contributed by atoms with Gasteiger partial charge in [0, 0.05) is 71.3 Å². The molecule has 2 saturated heterocycles. The Labute approximate surface area is 338 Å². The minimum Gasteiger partial charge on any atom is -0.472 e. The number of methoxy groups -OCH3 is 1. The number of carbonyl (C=O) groups excluding carboxylic acids is 7. The van der Waals surface area contributed by atoms with Crippen molar-refractivity contribution in [2.45, 2.75) is 140 Å². The molecule has 2 N–H and O–H groups in total. The minimum absolute atomic E-state index is 0.197. The van der Waals surface area contributed by atoms with Crippen LogP contribution in [0.2, 0.25) is 0 Å². The van der Waals surface area contributed by atoms with Gasteiger partial charge in [-0.15, -0.1) is 0 Å². The highest BCUT2D eigenvalue weighted by atomic mass is 16.8. The van der Waals surface area contributed by atoms with Gasteiger partial charge in [0.2, 0.25) is 5.60 Å². The molecular formula is C40H50O19. The molecule has 4 bridgehead atoms. The summed E-state index contributed by atoms with van der Waals surface area (Å²) in [4.78, 5) is 93.6. The first kappa shape index (κ1) is 42.5. The summed E-state index contributed by atoms with van der Waals surface area (Å²) in [5, 5.41) is 28.7. The van der Waals surface area contributed by atoms with Crippen LogP contribution in [0.3, 0.4) is 0 Å². The van der Waals surface area contributed by atoms with Crippen LogP contribution in [0.25, 0.3) is 0 Å². The smallest absolute Gasteiger partial charge is 0.305 e. The fraction of sp³-hybridized carbons (Fsp3) is 0.725. The Hall–Kier alpha value is -4.59. The van der Waals surface area contributed by atoms with E-state index in [1.54, 1.807) is 13.8 Å². The number of fused-ring (bicyclic) bond motifs is 4. The van der Waals surface area contributed by atoms with Gasteiger partial charge < -0.3 is 57.3 Å². The molecule has 1 unspecified atom stereocenters. The number of rotatable bonds is 11. The molecule has 3 heterocycles. The van der Waals surface area contributed by atoms with Gasteiger partial charge in [0.1, 0.15) is 35.6 Å². The fourth-order valence-corrected chi connectivity index (χ4v) is 13.1. The van der Waals surface area contributed by atoms with Crippen molar-refractivity contribution in [3.8, 4) is 0 Å². The van der Waals surface area contributed by atoms with Crippen LogP contribution in [-0.4, -0.2) is 118 Å². The van der Waals surface area contributed by atoms with E-state index in [2.05, 4.69) is 0 Å². The van der Waals surface area contributed by atoms with E-state index in [0.29, 0.717) is 0 Å². The van der Waals surface area contributed by atoms with Gasteiger partial charge in [0.05, 0.1) is 30.5 Å². The Morgan fingerprint density at radius 1 is 0.847 bits per heavy atom. The Kier molecular flexibility index (Phi) is 9.52. The highest BCUT2D eigenvalue weighted by molar-refractivity contribution is 5.74. The quantitative estimate of drug-likeness (QED) is 0.237. The summed E-state index contributed by atoms with van der Waals surface area (Å²) in [6.07, 6.45) is -7.73. The average molecular weight is 835 g/mol. The van der Waals surface area contributed by atoms with Gasteiger partial charge >= 0.3 is 41.8 Å². The molecule has 59 heavy (non-hydrogen) atoms. The monoisotopic (exact) mass is 834 g/mol. The zero-order chi connectivity index (χ0) is 43.7. The van der Waals surface area contributed by atoms with Crippen molar-refractivity contribution < 1.29 is 90.8 Å². The van der Waals surface area contributed by atoms with Crippen molar-refractivity contribution in [1.29, 1.82) is 0 Å². The van der Waals surface area contributed by atoms with Crippen LogP contribution in [0.1, 0.15) is 93.2 Å². The zero-order valence-corrected chi connectivity index (χ0v) is 34.4. The predicted octanol–water partition coefficient (Wildman–Crippen LogP) is 1.52. The average Bonchev–Trinajstić information content (AvgIpc) is 3.90. The van der Waals surface area contributed by atoms with Crippen LogP contribution in [0.15, 0.2) is 23.0 Å². The lowest BCUT2D eigenvalue weighted by Crippen LogP contribution is -2.97. The Balaban J connectivity index is 1.71. The molecule has 6 fully saturated rings. The van der Waals surface area contributed by atoms with E-state index in [1.165, 1.54) is 25.5 Å². The fourth-order valence-electron chi connectivity index (χ4n) is 13.1. The lowest BCUT2D eigenvalue weighted by molar-refractivity contribution is -0.447. The number of carbonyl (C=O) groups is 7. The molecule has 19 nitrogen and oxygen atoms in total. The van der Waals surface area contributed by atoms with Crippen molar-refractivity contribution in [2.75, 3.05) is 13.7 Å². The first-order valence-electron chi connectivity index (χ1n) is 19.3. The van der Waals surface area contributed by atoms with E-state index < -0.39 is 148 Å². The number of ether oxygens (including phenoxy) is 9. The highest BCUT2D eigenvalue weighted by Gasteiger charge is 3.05. The summed E-state index contributed by atoms with van der Waals surface area (Å²) < 4.78 is 61.1. The van der Waals surface area contributed by atoms with Gasteiger partial charge in [0.15, 0.2) is 24.1 Å². The van der Waals surface area contributed by atoms with E-state index in [-0.39, 0.29) is 12.0 Å². The van der Waals surface area contributed by atoms with Crippen LogP contribution in [0, 0.1) is 28.1 Å².